The molecule has 2 unspecified atom stereocenters. The summed E-state index contributed by atoms with van der Waals surface area (Å²) >= 11 is 0. The van der Waals surface area contributed by atoms with Crippen LogP contribution in [0.15, 0.2) is 140 Å². The molecule has 3 aromatic carbocycles. The van der Waals surface area contributed by atoms with Gasteiger partial charge in [0.1, 0.15) is 9.84 Å². The van der Waals surface area contributed by atoms with Crippen LogP contribution in [0.4, 0.5) is 5.69 Å². The van der Waals surface area contributed by atoms with E-state index in [2.05, 4.69) is 42.9 Å². The first-order valence-corrected chi connectivity index (χ1v) is 25.7. The topological polar surface area (TPSA) is 221 Å². The minimum atomic E-state index is -3.56. The van der Waals surface area contributed by atoms with Crippen LogP contribution in [0.2, 0.25) is 0 Å². The van der Waals surface area contributed by atoms with Gasteiger partial charge in [0.2, 0.25) is 11.8 Å². The Morgan fingerprint density at radius 2 is 1.45 bits per heavy atom. The number of hydrogen-bond acceptors (Lipinski definition) is 13. The summed E-state index contributed by atoms with van der Waals surface area (Å²) in [5.74, 6) is -3.12. The number of benzene rings is 3. The zero-order valence-electron chi connectivity index (χ0n) is 40.2. The third kappa shape index (κ3) is 16.1. The van der Waals surface area contributed by atoms with Crippen LogP contribution < -0.4 is 15.5 Å². The minimum absolute atomic E-state index is 0. The summed E-state index contributed by atoms with van der Waals surface area (Å²) in [5, 5.41) is 15.5. The fourth-order valence-corrected chi connectivity index (χ4v) is 9.25. The molecule has 0 bridgehead atoms. The van der Waals surface area contributed by atoms with Gasteiger partial charge in [-0.2, -0.15) is 58.7 Å². The van der Waals surface area contributed by atoms with Gasteiger partial charge in [0.25, 0.3) is 11.8 Å². The number of ketones is 1. The van der Waals surface area contributed by atoms with Crippen molar-refractivity contribution in [2.45, 2.75) is 44.6 Å². The Labute approximate surface area is 437 Å². The number of carbonyl (C=O) groups excluding carboxylic acids is 5. The molecule has 20 heteroatoms. The summed E-state index contributed by atoms with van der Waals surface area (Å²) in [6, 6.07) is 34.6. The van der Waals surface area contributed by atoms with Crippen LogP contribution in [0.1, 0.15) is 38.5 Å². The van der Waals surface area contributed by atoms with Crippen molar-refractivity contribution in [2.75, 3.05) is 56.3 Å². The number of unbranched alkanes of at least 4 members (excludes halogenated alkanes) is 1. The summed E-state index contributed by atoms with van der Waals surface area (Å²) in [6.07, 6.45) is 16.5. The Balaban J connectivity index is 0.000000305. The van der Waals surface area contributed by atoms with Crippen LogP contribution in [0.5, 0.6) is 0 Å². The second kappa shape index (κ2) is 27.5. The van der Waals surface area contributed by atoms with Gasteiger partial charge < -0.3 is 20.3 Å². The molecule has 383 valence electrons. The number of amides is 4. The van der Waals surface area contributed by atoms with Gasteiger partial charge in [-0.15, -0.1) is 12.1 Å². The number of para-hydroxylation sites is 2. The Morgan fingerprint density at radius 3 is 2.08 bits per heavy atom. The van der Waals surface area contributed by atoms with Crippen molar-refractivity contribution in [3.05, 3.63) is 152 Å². The van der Waals surface area contributed by atoms with Gasteiger partial charge in [-0.25, -0.2) is 8.42 Å². The number of Topliss-reactive ketones (excluding diaryl/α,β-unsaturated/α-hetero) is 1. The monoisotopic (exact) mass is 1190 g/mol. The second-order valence-electron chi connectivity index (χ2n) is 16.9. The van der Waals surface area contributed by atoms with Crippen LogP contribution in [0.25, 0.3) is 33.2 Å². The fraction of sp³-hybridized carbons (Fsp3) is 0.302. The number of carbonyl (C=O) groups is 5. The van der Waals surface area contributed by atoms with Crippen LogP contribution in [0, 0.1) is 18.1 Å². The number of nitrogens with zero attached hydrogens (tertiary/aromatic N) is 8. The van der Waals surface area contributed by atoms with Crippen molar-refractivity contribution in [3.8, 4) is 11.4 Å². The van der Waals surface area contributed by atoms with Gasteiger partial charge in [-0.3, -0.25) is 48.2 Å². The van der Waals surface area contributed by atoms with Gasteiger partial charge in [0.15, 0.2) is 5.78 Å². The molecule has 6 heterocycles. The molecule has 2 N–H and O–H groups in total. The predicted octanol–water partition coefficient (Wildman–Crippen LogP) is 5.06. The van der Waals surface area contributed by atoms with Gasteiger partial charge in [0.05, 0.1) is 48.5 Å². The number of imide groups is 1. The minimum Gasteiger partial charge on any atom is -0.378 e. The van der Waals surface area contributed by atoms with E-state index in [0.29, 0.717) is 25.8 Å². The normalized spacial score (nSPS) is 14.5. The number of rotatable bonds is 20. The van der Waals surface area contributed by atoms with Crippen LogP contribution in [0.3, 0.4) is 0 Å². The van der Waals surface area contributed by atoms with E-state index in [9.17, 15) is 32.4 Å². The number of fused-ring (bicyclic) bond motifs is 3. The molecule has 1 radical (unpaired) electrons. The molecule has 0 saturated carbocycles. The first-order valence-electron chi connectivity index (χ1n) is 23.6. The van der Waals surface area contributed by atoms with Crippen molar-refractivity contribution < 1.29 is 57.2 Å². The maximum Gasteiger partial charge on any atom is 0.253 e. The van der Waals surface area contributed by atoms with E-state index in [1.165, 1.54) is 12.2 Å². The smallest absolute Gasteiger partial charge is 0.253 e. The molecule has 4 aromatic heterocycles. The summed E-state index contributed by atoms with van der Waals surface area (Å²) in [4.78, 5) is 74.3. The van der Waals surface area contributed by atoms with E-state index >= 15 is 0 Å². The average molecular weight is 1190 g/mol. The Morgan fingerprint density at radius 1 is 0.767 bits per heavy atom. The third-order valence-corrected chi connectivity index (χ3v) is 12.7. The summed E-state index contributed by atoms with van der Waals surface area (Å²) in [6.45, 7) is 1.66. The molecule has 9 rings (SSSR count). The molecule has 73 heavy (non-hydrogen) atoms. The van der Waals surface area contributed by atoms with Gasteiger partial charge >= 0.3 is 0 Å². The first kappa shape index (κ1) is 55.1. The van der Waals surface area contributed by atoms with E-state index in [4.69, 9.17) is 4.74 Å². The van der Waals surface area contributed by atoms with E-state index in [-0.39, 0.29) is 89.3 Å². The standard InChI is InChI=1S/C35H42N6O8S.2C9H7N2.Ir/c1-50(47,48)23-25(35(46)39-14-3-2-8-30(43)36-17-20-49-21-19-41-31(44)11-12-32(41)45)22-29(42)28-7-5-18-40(28)27-13-16-38-34-26(27)10-9-24-6-4-15-37-33(24)34;2*1-2-5-9(6-3-1)11-8-4-7-10-11;/h4,6,9-13,15-16,25,28H,2-3,5,7-8,14,17-23H2,1H3,(H,36,43)(H,39,46);2*1-5,7-8H;/q;2*-1;. The van der Waals surface area contributed by atoms with Crippen LogP contribution in [-0.2, 0) is 58.7 Å². The first-order chi connectivity index (χ1) is 34.9. The molecular weight excluding hydrogens is 1130 g/mol. The molecule has 4 amide bonds. The Bertz CT molecular complexity index is 2960. The van der Waals surface area contributed by atoms with Crippen molar-refractivity contribution in [1.82, 2.24) is 45.1 Å². The van der Waals surface area contributed by atoms with Crippen LogP contribution in [-0.4, -0.2) is 130 Å². The van der Waals surface area contributed by atoms with Crippen LogP contribution >= 0.6 is 0 Å². The molecular formula is C53H56IrN10O8S-2. The summed E-state index contributed by atoms with van der Waals surface area (Å²) in [7, 11) is -3.56. The zero-order chi connectivity index (χ0) is 50.7. The predicted molar refractivity (Wildman–Crippen MR) is 272 cm³/mol. The SMILES string of the molecule is CS(=O)(=O)CC(CC(=O)C1CCCN1c1ccnc2c1ccc1cccnc12)C(=O)NCCCCC(=O)NCCOCCN1C(=O)C=CC1=O.[Ir].[c-]1ccccc1-n1cccn1.[c-]1ccccc1-n1cccn1. The largest absolute Gasteiger partial charge is 0.378 e. The number of aromatic nitrogens is 6. The maximum absolute atomic E-state index is 13.7. The van der Waals surface area contributed by atoms with Gasteiger partial charge in [-0.05, 0) is 67.4 Å². The molecule has 0 spiro atoms. The fourth-order valence-electron chi connectivity index (χ4n) is 8.25. The number of nitrogens with one attached hydrogen (secondary N) is 2. The molecule has 1 fully saturated rings. The molecule has 2 atom stereocenters. The molecule has 2 aliphatic heterocycles. The molecule has 18 nitrogen and oxygen atoms in total. The summed E-state index contributed by atoms with van der Waals surface area (Å²) < 4.78 is 33.5. The van der Waals surface area contributed by atoms with E-state index in [0.717, 1.165) is 56.4 Å². The zero-order valence-corrected chi connectivity index (χ0v) is 43.4. The molecule has 7 aromatic rings. The molecule has 0 aliphatic carbocycles. The molecule has 2 aliphatic rings. The third-order valence-electron chi connectivity index (χ3n) is 11.7. The van der Waals surface area contributed by atoms with Gasteiger partial charge in [-0.1, -0.05) is 12.1 Å². The van der Waals surface area contributed by atoms with Crippen molar-refractivity contribution in [1.29, 1.82) is 0 Å². The number of hydrogen-bond donors (Lipinski definition) is 2. The summed E-state index contributed by atoms with van der Waals surface area (Å²) in [5.41, 5.74) is 4.30. The van der Waals surface area contributed by atoms with E-state index in [1.807, 2.05) is 108 Å². The molecule has 1 saturated heterocycles. The van der Waals surface area contributed by atoms with E-state index < -0.39 is 33.5 Å². The Hall–Kier alpha value is -7.25. The number of pyridine rings is 2. The number of anilines is 1. The number of sulfone groups is 1. The number of ether oxygens (including phenoxy) is 1. The van der Waals surface area contributed by atoms with Gasteiger partial charge in [0, 0.05) is 125 Å². The average Bonchev–Trinajstić information content (AvgIpc) is 4.26. The second-order valence-corrected chi connectivity index (χ2v) is 19.1. The Kier molecular flexibility index (Phi) is 20.8. The maximum atomic E-state index is 13.7. The van der Waals surface area contributed by atoms with Crippen molar-refractivity contribution in [3.63, 3.8) is 0 Å². The van der Waals surface area contributed by atoms with Crippen molar-refractivity contribution >= 4 is 66.7 Å². The van der Waals surface area contributed by atoms with E-state index in [1.54, 1.807) is 34.2 Å². The van der Waals surface area contributed by atoms with Crippen molar-refractivity contribution in [2.24, 2.45) is 5.92 Å². The quantitative estimate of drug-likeness (QED) is 0.0442.